The molecule has 3 saturated heterocycles. The van der Waals surface area contributed by atoms with Crippen molar-refractivity contribution >= 4 is 15.8 Å². The zero-order valence-corrected chi connectivity index (χ0v) is 18.8. The molecule has 1 aromatic carbocycles. The third-order valence-corrected chi connectivity index (χ3v) is 6.63. The van der Waals surface area contributed by atoms with Crippen molar-refractivity contribution in [2.24, 2.45) is 0 Å². The topological polar surface area (TPSA) is 92.8 Å². The van der Waals surface area contributed by atoms with Crippen LogP contribution >= 0.6 is 0 Å². The summed E-state index contributed by atoms with van der Waals surface area (Å²) in [6.07, 6.45) is -3.66. The van der Waals surface area contributed by atoms with Crippen LogP contribution in [0.4, 0.5) is 5.69 Å². The predicted octanol–water partition coefficient (Wildman–Crippen LogP) is 1.85. The number of ether oxygens (including phenoxy) is 5. The van der Waals surface area contributed by atoms with Crippen LogP contribution in [0.1, 0.15) is 27.7 Å². The normalized spacial score (nSPS) is 34.8. The van der Waals surface area contributed by atoms with Crippen LogP contribution in [0.25, 0.3) is 0 Å². The first-order valence-electron chi connectivity index (χ1n) is 9.90. The van der Waals surface area contributed by atoms with Gasteiger partial charge in [-0.25, -0.2) is 0 Å². The molecule has 3 aliphatic rings. The van der Waals surface area contributed by atoms with Gasteiger partial charge in [0.15, 0.2) is 17.9 Å². The molecule has 0 amide bonds. The minimum absolute atomic E-state index is 0.0531. The quantitative estimate of drug-likeness (QED) is 0.632. The monoisotopic (exact) mass is 443 g/mol. The van der Waals surface area contributed by atoms with E-state index in [-0.39, 0.29) is 11.5 Å². The number of anilines is 1. The maximum absolute atomic E-state index is 13.0. The van der Waals surface area contributed by atoms with E-state index in [1.807, 2.05) is 19.0 Å². The van der Waals surface area contributed by atoms with E-state index in [9.17, 15) is 8.42 Å². The molecule has 4 rings (SSSR count). The Labute approximate surface area is 177 Å². The molecule has 5 atom stereocenters. The molecule has 168 valence electrons. The Morgan fingerprint density at radius 1 is 0.967 bits per heavy atom. The van der Waals surface area contributed by atoms with Crippen molar-refractivity contribution in [2.45, 2.75) is 74.9 Å². The molecule has 3 aliphatic heterocycles. The average molecular weight is 444 g/mol. The maximum Gasteiger partial charge on any atom is 0.297 e. The number of hydrogen-bond acceptors (Lipinski definition) is 9. The summed E-state index contributed by atoms with van der Waals surface area (Å²) >= 11 is 0. The summed E-state index contributed by atoms with van der Waals surface area (Å²) in [6.45, 7) is 7.31. The molecule has 30 heavy (non-hydrogen) atoms. The summed E-state index contributed by atoms with van der Waals surface area (Å²) in [5, 5.41) is 0. The van der Waals surface area contributed by atoms with E-state index < -0.39 is 52.4 Å². The molecule has 0 spiro atoms. The Hall–Kier alpha value is -1.27. The molecule has 0 bridgehead atoms. The Morgan fingerprint density at radius 2 is 1.63 bits per heavy atom. The number of nitrogens with zero attached hydrogens (tertiary/aromatic N) is 1. The van der Waals surface area contributed by atoms with Crippen LogP contribution in [0, 0.1) is 0 Å². The van der Waals surface area contributed by atoms with Gasteiger partial charge in [0.05, 0.1) is 11.5 Å². The minimum atomic E-state index is -4.08. The summed E-state index contributed by atoms with van der Waals surface area (Å²) in [4.78, 5) is 1.94. The number of hydrogen-bond donors (Lipinski definition) is 0. The maximum atomic E-state index is 13.0. The van der Waals surface area contributed by atoms with Crippen molar-refractivity contribution in [2.75, 3.05) is 25.6 Å². The first kappa shape index (κ1) is 21.9. The van der Waals surface area contributed by atoms with Gasteiger partial charge in [0.25, 0.3) is 10.1 Å². The molecule has 0 N–H and O–H groups in total. The van der Waals surface area contributed by atoms with Crippen molar-refractivity contribution < 1.29 is 36.3 Å². The first-order valence-corrected chi connectivity index (χ1v) is 11.3. The van der Waals surface area contributed by atoms with Gasteiger partial charge < -0.3 is 28.6 Å². The second-order valence-corrected chi connectivity index (χ2v) is 10.4. The molecule has 0 aromatic heterocycles. The Morgan fingerprint density at radius 3 is 2.20 bits per heavy atom. The SMILES string of the molecule is CN(C)c1ccc(S(=O)(=O)O[C@@H]2[C@H]3OC(C)(C)O[C@@H]3O[C@@H]2[C@H]2COC(C)(C)O2)cc1. The largest absolute Gasteiger partial charge is 0.378 e. The molecule has 3 heterocycles. The Balaban J connectivity index is 1.59. The fourth-order valence-corrected chi connectivity index (χ4v) is 5.00. The fraction of sp³-hybridized carbons (Fsp3) is 0.700. The lowest BCUT2D eigenvalue weighted by Crippen LogP contribution is -2.45. The molecule has 0 saturated carbocycles. The van der Waals surface area contributed by atoms with Crippen LogP contribution in [0.2, 0.25) is 0 Å². The molecular formula is C20H29NO8S. The van der Waals surface area contributed by atoms with Crippen molar-refractivity contribution in [1.29, 1.82) is 0 Å². The van der Waals surface area contributed by atoms with Gasteiger partial charge in [-0.05, 0) is 52.0 Å². The third kappa shape index (κ3) is 4.22. The Kier molecular flexibility index (Phi) is 5.42. The van der Waals surface area contributed by atoms with Crippen molar-refractivity contribution in [1.82, 2.24) is 0 Å². The highest BCUT2D eigenvalue weighted by molar-refractivity contribution is 7.86. The van der Waals surface area contributed by atoms with Crippen LogP contribution in [0.15, 0.2) is 29.2 Å². The van der Waals surface area contributed by atoms with E-state index in [2.05, 4.69) is 0 Å². The molecule has 0 unspecified atom stereocenters. The van der Waals surface area contributed by atoms with E-state index in [4.69, 9.17) is 27.9 Å². The van der Waals surface area contributed by atoms with Crippen molar-refractivity contribution in [3.8, 4) is 0 Å². The van der Waals surface area contributed by atoms with Gasteiger partial charge in [0, 0.05) is 19.8 Å². The summed E-state index contributed by atoms with van der Waals surface area (Å²) in [6, 6.07) is 6.47. The molecule has 9 nitrogen and oxygen atoms in total. The lowest BCUT2D eigenvalue weighted by Gasteiger charge is -2.28. The second-order valence-electron chi connectivity index (χ2n) is 8.84. The van der Waals surface area contributed by atoms with Gasteiger partial charge in [-0.3, -0.25) is 4.18 Å². The van der Waals surface area contributed by atoms with Crippen LogP contribution in [0.3, 0.4) is 0 Å². The minimum Gasteiger partial charge on any atom is -0.378 e. The number of benzene rings is 1. The van der Waals surface area contributed by atoms with Gasteiger partial charge in [-0.1, -0.05) is 0 Å². The molecule has 10 heteroatoms. The molecule has 3 fully saturated rings. The summed E-state index contributed by atoms with van der Waals surface area (Å²) < 4.78 is 61.0. The van der Waals surface area contributed by atoms with E-state index in [1.54, 1.807) is 39.8 Å². The zero-order chi connectivity index (χ0) is 21.9. The highest BCUT2D eigenvalue weighted by atomic mass is 32.2. The average Bonchev–Trinajstić information content (AvgIpc) is 3.25. The first-order chi connectivity index (χ1) is 13.9. The van der Waals surface area contributed by atoms with Gasteiger partial charge >= 0.3 is 0 Å². The van der Waals surface area contributed by atoms with Crippen LogP contribution in [-0.2, 0) is 38.0 Å². The van der Waals surface area contributed by atoms with Crippen LogP contribution < -0.4 is 4.90 Å². The van der Waals surface area contributed by atoms with Gasteiger partial charge in [-0.2, -0.15) is 8.42 Å². The van der Waals surface area contributed by atoms with E-state index in [0.29, 0.717) is 0 Å². The molecular weight excluding hydrogens is 414 g/mol. The van der Waals surface area contributed by atoms with Gasteiger partial charge in [0.1, 0.15) is 24.4 Å². The third-order valence-electron chi connectivity index (χ3n) is 5.30. The van der Waals surface area contributed by atoms with Crippen LogP contribution in [0.5, 0.6) is 0 Å². The van der Waals surface area contributed by atoms with Crippen molar-refractivity contribution in [3.63, 3.8) is 0 Å². The summed E-state index contributed by atoms with van der Waals surface area (Å²) in [5.74, 6) is -1.70. The lowest BCUT2D eigenvalue weighted by molar-refractivity contribution is -0.230. The van der Waals surface area contributed by atoms with Gasteiger partial charge in [0.2, 0.25) is 0 Å². The fourth-order valence-electron chi connectivity index (χ4n) is 3.90. The predicted molar refractivity (Wildman–Crippen MR) is 106 cm³/mol. The lowest BCUT2D eigenvalue weighted by atomic mass is 10.1. The summed E-state index contributed by atoms with van der Waals surface area (Å²) in [7, 11) is -0.324. The highest BCUT2D eigenvalue weighted by Gasteiger charge is 2.60. The highest BCUT2D eigenvalue weighted by Crippen LogP contribution is 2.42. The summed E-state index contributed by atoms with van der Waals surface area (Å²) in [5.41, 5.74) is 0.879. The second kappa shape index (κ2) is 7.40. The van der Waals surface area contributed by atoms with Gasteiger partial charge in [-0.15, -0.1) is 0 Å². The number of rotatable bonds is 5. The van der Waals surface area contributed by atoms with Crippen LogP contribution in [-0.4, -0.2) is 71.4 Å². The molecule has 0 aliphatic carbocycles. The molecule has 1 aromatic rings. The van der Waals surface area contributed by atoms with E-state index in [1.165, 1.54) is 12.1 Å². The van der Waals surface area contributed by atoms with E-state index >= 15 is 0 Å². The zero-order valence-electron chi connectivity index (χ0n) is 18.0. The standard InChI is InChI=1S/C20H29NO8S/c1-19(2)24-11-14(26-19)15-16(17-18(25-15)28-20(3,4)27-17)29-30(22,23)13-9-7-12(8-10-13)21(5)6/h7-10,14-18H,11H2,1-6H3/t14-,15-,16+,17-,18+/m1/s1. The smallest absolute Gasteiger partial charge is 0.297 e. The number of fused-ring (bicyclic) bond motifs is 1. The van der Waals surface area contributed by atoms with Crippen molar-refractivity contribution in [3.05, 3.63) is 24.3 Å². The van der Waals surface area contributed by atoms with E-state index in [0.717, 1.165) is 5.69 Å². The Bertz CT molecular complexity index is 883. The molecule has 0 radical (unpaired) electrons.